The van der Waals surface area contributed by atoms with Gasteiger partial charge in [-0.2, -0.15) is 0 Å². The lowest BCUT2D eigenvalue weighted by Crippen LogP contribution is -2.45. The summed E-state index contributed by atoms with van der Waals surface area (Å²) in [6.45, 7) is 10.8. The van der Waals surface area contributed by atoms with Crippen LogP contribution < -0.4 is 5.32 Å². The first-order valence-corrected chi connectivity index (χ1v) is 4.99. The van der Waals surface area contributed by atoms with Crippen LogP contribution in [-0.2, 0) is 4.65 Å². The molecule has 0 aromatic carbocycles. The van der Waals surface area contributed by atoms with Crippen LogP contribution in [-0.4, -0.2) is 33.9 Å². The number of rotatable bonds is 5. The molecular formula is C9H23B2NO. The first kappa shape index (κ1) is 13.0. The van der Waals surface area contributed by atoms with Crippen molar-refractivity contribution < 1.29 is 4.65 Å². The normalized spacial score (nSPS) is 15.5. The highest BCUT2D eigenvalue weighted by atomic mass is 16.4. The minimum Gasteiger partial charge on any atom is -0.435 e. The Kier molecular flexibility index (Phi) is 4.53. The molecule has 0 bridgehead atoms. The number of hydrogen-bond acceptors (Lipinski definition) is 2. The van der Waals surface area contributed by atoms with Gasteiger partial charge in [0.1, 0.15) is 7.85 Å². The summed E-state index contributed by atoms with van der Waals surface area (Å²) in [5.41, 5.74) is 0.0690. The highest BCUT2D eigenvalue weighted by Gasteiger charge is 2.25. The van der Waals surface area contributed by atoms with E-state index < -0.39 is 0 Å². The van der Waals surface area contributed by atoms with E-state index in [4.69, 9.17) is 4.65 Å². The van der Waals surface area contributed by atoms with E-state index in [1.807, 2.05) is 7.05 Å². The minimum absolute atomic E-state index is 0.0690. The molecule has 1 atom stereocenters. The summed E-state index contributed by atoms with van der Waals surface area (Å²) in [7, 11) is 4.91. The summed E-state index contributed by atoms with van der Waals surface area (Å²) < 4.78 is 5.80. The Hall–Kier alpha value is 0.0499. The second-order valence-electron chi connectivity index (χ2n) is 5.45. The molecule has 0 amide bonds. The summed E-state index contributed by atoms with van der Waals surface area (Å²) in [5, 5.41) is 3.45. The number of nitrogens with one attached hydrogen (secondary N) is 1. The van der Waals surface area contributed by atoms with Gasteiger partial charge in [0, 0.05) is 11.5 Å². The molecule has 76 valence electrons. The van der Waals surface area contributed by atoms with Crippen molar-refractivity contribution in [1.82, 2.24) is 5.32 Å². The molecule has 0 aromatic rings. The molecule has 0 radical (unpaired) electrons. The average Bonchev–Trinajstić information content (AvgIpc) is 1.98. The van der Waals surface area contributed by atoms with E-state index in [2.05, 4.69) is 47.8 Å². The zero-order valence-electron chi connectivity index (χ0n) is 10.2. The fraction of sp³-hybridized carbons (Fsp3) is 1.00. The van der Waals surface area contributed by atoms with Crippen molar-refractivity contribution in [2.24, 2.45) is 0 Å². The summed E-state index contributed by atoms with van der Waals surface area (Å²) >= 11 is 0. The predicted octanol–water partition coefficient (Wildman–Crippen LogP) is 0.530. The van der Waals surface area contributed by atoms with Crippen molar-refractivity contribution in [3.8, 4) is 0 Å². The van der Waals surface area contributed by atoms with Gasteiger partial charge in [-0.25, -0.2) is 0 Å². The largest absolute Gasteiger partial charge is 0.435 e. The summed E-state index contributed by atoms with van der Waals surface area (Å²) in [6.07, 6.45) is 0.292. The van der Waals surface area contributed by atoms with E-state index in [0.29, 0.717) is 6.10 Å². The maximum absolute atomic E-state index is 5.80. The summed E-state index contributed by atoms with van der Waals surface area (Å²) in [6, 6.07) is 0. The van der Waals surface area contributed by atoms with Crippen molar-refractivity contribution in [2.75, 3.05) is 7.05 Å². The van der Waals surface area contributed by atoms with Crippen LogP contribution in [0.1, 0.15) is 34.6 Å². The Morgan fingerprint density at radius 2 is 1.77 bits per heavy atom. The maximum Gasteiger partial charge on any atom is 0.295 e. The van der Waals surface area contributed by atoms with Crippen LogP contribution in [0.3, 0.4) is 0 Å². The van der Waals surface area contributed by atoms with E-state index in [-0.39, 0.29) is 10.8 Å². The zero-order valence-corrected chi connectivity index (χ0v) is 10.2. The molecule has 1 N–H and O–H groups in total. The van der Waals surface area contributed by atoms with Crippen LogP contribution in [0.4, 0.5) is 0 Å². The molecular weight excluding hydrogens is 160 g/mol. The quantitative estimate of drug-likeness (QED) is 0.627. The van der Waals surface area contributed by atoms with E-state index >= 15 is 0 Å². The van der Waals surface area contributed by atoms with Gasteiger partial charge >= 0.3 is 0 Å². The topological polar surface area (TPSA) is 21.3 Å². The fourth-order valence-electron chi connectivity index (χ4n) is 0.656. The fourth-order valence-corrected chi connectivity index (χ4v) is 0.656. The summed E-state index contributed by atoms with van der Waals surface area (Å²) in [4.78, 5) is 0. The lowest BCUT2D eigenvalue weighted by Gasteiger charge is -2.31. The first-order valence-electron chi connectivity index (χ1n) is 4.99. The Morgan fingerprint density at radius 1 is 1.31 bits per heavy atom. The Morgan fingerprint density at radius 3 is 2.08 bits per heavy atom. The van der Waals surface area contributed by atoms with Crippen molar-refractivity contribution in [3.05, 3.63) is 0 Å². The van der Waals surface area contributed by atoms with Gasteiger partial charge in [-0.1, -0.05) is 27.7 Å². The highest BCUT2D eigenvalue weighted by Crippen LogP contribution is 2.26. The van der Waals surface area contributed by atoms with Gasteiger partial charge in [0.2, 0.25) is 0 Å². The van der Waals surface area contributed by atoms with Gasteiger partial charge in [-0.05, 0) is 19.3 Å². The van der Waals surface area contributed by atoms with Crippen molar-refractivity contribution >= 4 is 15.3 Å². The van der Waals surface area contributed by atoms with Crippen LogP contribution in [0.5, 0.6) is 0 Å². The molecule has 4 heteroatoms. The Bertz CT molecular complexity index is 154. The van der Waals surface area contributed by atoms with Gasteiger partial charge in [-0.3, -0.25) is 0 Å². The van der Waals surface area contributed by atoms with Crippen LogP contribution in [0.15, 0.2) is 0 Å². The minimum atomic E-state index is 0.0690. The van der Waals surface area contributed by atoms with Crippen LogP contribution in [0.25, 0.3) is 0 Å². The standard InChI is InChI=1S/C9H23B2NO/c1-7(8(2,3)10)13-11-9(4,5)12-6/h7,11-12H,10H2,1-6H3. The second-order valence-corrected chi connectivity index (χ2v) is 5.45. The van der Waals surface area contributed by atoms with Crippen LogP contribution >= 0.6 is 0 Å². The second kappa shape index (κ2) is 4.52. The van der Waals surface area contributed by atoms with E-state index in [1.165, 1.54) is 0 Å². The molecule has 0 fully saturated rings. The molecule has 0 aliphatic carbocycles. The third kappa shape index (κ3) is 5.37. The Labute approximate surface area is 84.5 Å². The Balaban J connectivity index is 3.90. The van der Waals surface area contributed by atoms with E-state index in [0.717, 1.165) is 7.48 Å². The molecule has 0 heterocycles. The molecule has 0 saturated carbocycles. The smallest absolute Gasteiger partial charge is 0.295 e. The first-order chi connectivity index (χ1) is 5.69. The molecule has 0 saturated heterocycles. The molecule has 0 rings (SSSR count). The molecule has 2 nitrogen and oxygen atoms in total. The van der Waals surface area contributed by atoms with Gasteiger partial charge in [-0.15, -0.1) is 0 Å². The number of hydrogen-bond donors (Lipinski definition) is 1. The van der Waals surface area contributed by atoms with Crippen LogP contribution in [0.2, 0.25) is 5.31 Å². The lowest BCUT2D eigenvalue weighted by atomic mass is 9.67. The highest BCUT2D eigenvalue weighted by molar-refractivity contribution is 6.32. The third-order valence-corrected chi connectivity index (χ3v) is 2.59. The van der Waals surface area contributed by atoms with E-state index in [1.54, 1.807) is 0 Å². The third-order valence-electron chi connectivity index (χ3n) is 2.59. The monoisotopic (exact) mass is 183 g/mol. The molecule has 0 aliphatic heterocycles. The van der Waals surface area contributed by atoms with Crippen molar-refractivity contribution in [1.29, 1.82) is 0 Å². The van der Waals surface area contributed by atoms with Gasteiger partial charge in [0.25, 0.3) is 7.48 Å². The van der Waals surface area contributed by atoms with Crippen LogP contribution in [0, 0.1) is 0 Å². The van der Waals surface area contributed by atoms with Gasteiger partial charge in [0.05, 0.1) is 0 Å². The summed E-state index contributed by atoms with van der Waals surface area (Å²) in [5.74, 6) is 0. The van der Waals surface area contributed by atoms with Crippen molar-refractivity contribution in [2.45, 2.75) is 51.5 Å². The van der Waals surface area contributed by atoms with Gasteiger partial charge in [0.15, 0.2) is 0 Å². The average molecular weight is 183 g/mol. The maximum atomic E-state index is 5.80. The molecule has 0 aromatic heterocycles. The van der Waals surface area contributed by atoms with E-state index in [9.17, 15) is 0 Å². The predicted molar refractivity (Wildman–Crippen MR) is 63.4 cm³/mol. The molecule has 0 spiro atoms. The van der Waals surface area contributed by atoms with Crippen molar-refractivity contribution in [3.63, 3.8) is 0 Å². The van der Waals surface area contributed by atoms with Gasteiger partial charge < -0.3 is 9.97 Å². The molecule has 0 aliphatic rings. The lowest BCUT2D eigenvalue weighted by molar-refractivity contribution is 0.179. The molecule has 1 unspecified atom stereocenters. The SMILES string of the molecule is BC(C)(C)C(C)OBC(C)(C)NC. The zero-order chi connectivity index (χ0) is 10.7. The molecule has 13 heavy (non-hydrogen) atoms.